The van der Waals surface area contributed by atoms with Crippen molar-refractivity contribution in [3.63, 3.8) is 0 Å². The first-order chi connectivity index (χ1) is 15.8. The molecule has 0 fully saturated rings. The van der Waals surface area contributed by atoms with Gasteiger partial charge in [-0.25, -0.2) is 17.9 Å². The summed E-state index contributed by atoms with van der Waals surface area (Å²) in [7, 11) is -3.79. The van der Waals surface area contributed by atoms with Crippen LogP contribution in [0.2, 0.25) is 5.02 Å². The Morgan fingerprint density at radius 2 is 1.94 bits per heavy atom. The fourth-order valence-electron chi connectivity index (χ4n) is 3.31. The van der Waals surface area contributed by atoms with Gasteiger partial charge in [-0.15, -0.1) is 0 Å². The van der Waals surface area contributed by atoms with Crippen LogP contribution in [0.25, 0.3) is 6.08 Å². The van der Waals surface area contributed by atoms with Crippen LogP contribution in [0.4, 0.5) is 0 Å². The summed E-state index contributed by atoms with van der Waals surface area (Å²) in [6.07, 6.45) is 6.80. The Hall–Kier alpha value is -3.00. The number of esters is 1. The smallest absolute Gasteiger partial charge is 0.330 e. The molecule has 0 saturated carbocycles. The zero-order chi connectivity index (χ0) is 23.8. The van der Waals surface area contributed by atoms with Crippen molar-refractivity contribution in [2.45, 2.75) is 31.2 Å². The molecule has 0 radical (unpaired) electrons. The van der Waals surface area contributed by atoms with Gasteiger partial charge in [0.25, 0.3) is 0 Å². The second-order valence-corrected chi connectivity index (χ2v) is 9.54. The molecule has 3 aromatic rings. The first-order valence-corrected chi connectivity index (χ1v) is 12.3. The topological polar surface area (TPSA) is 85.4 Å². The van der Waals surface area contributed by atoms with Crippen LogP contribution >= 0.6 is 11.6 Å². The Morgan fingerprint density at radius 1 is 1.18 bits per heavy atom. The van der Waals surface area contributed by atoms with Gasteiger partial charge in [0.15, 0.2) is 0 Å². The van der Waals surface area contributed by atoms with Crippen LogP contribution in [-0.4, -0.2) is 26.0 Å². The maximum atomic E-state index is 13.0. The van der Waals surface area contributed by atoms with Crippen molar-refractivity contribution in [3.8, 4) is 0 Å². The minimum atomic E-state index is -3.79. The van der Waals surface area contributed by atoms with E-state index in [4.69, 9.17) is 16.3 Å². The van der Waals surface area contributed by atoms with Crippen molar-refractivity contribution in [1.82, 2.24) is 9.71 Å². The Balaban J connectivity index is 1.85. The first-order valence-electron chi connectivity index (χ1n) is 10.4. The maximum Gasteiger partial charge on any atom is 0.330 e. The van der Waals surface area contributed by atoms with Crippen molar-refractivity contribution in [2.75, 3.05) is 6.61 Å². The lowest BCUT2D eigenvalue weighted by molar-refractivity contribution is -0.137. The molecule has 0 amide bonds. The van der Waals surface area contributed by atoms with E-state index in [1.54, 1.807) is 43.6 Å². The third-order valence-electron chi connectivity index (χ3n) is 5.00. The quantitative estimate of drug-likeness (QED) is 0.345. The summed E-state index contributed by atoms with van der Waals surface area (Å²) < 4.78 is 33.8. The van der Waals surface area contributed by atoms with Crippen LogP contribution in [-0.2, 0) is 26.0 Å². The highest BCUT2D eigenvalue weighted by atomic mass is 35.5. The molecule has 0 aliphatic heterocycles. The lowest BCUT2D eigenvalue weighted by Gasteiger charge is -2.20. The Kier molecular flexibility index (Phi) is 8.38. The number of sulfonamides is 1. The Labute approximate surface area is 199 Å². The van der Waals surface area contributed by atoms with Gasteiger partial charge in [0.1, 0.15) is 0 Å². The van der Waals surface area contributed by atoms with Crippen LogP contribution in [0.3, 0.4) is 0 Å². The average Bonchev–Trinajstić information content (AvgIpc) is 2.79. The molecule has 1 unspecified atom stereocenters. The van der Waals surface area contributed by atoms with Gasteiger partial charge in [0.05, 0.1) is 17.5 Å². The van der Waals surface area contributed by atoms with Gasteiger partial charge in [0, 0.05) is 23.5 Å². The number of hydrogen-bond donors (Lipinski definition) is 1. The highest BCUT2D eigenvalue weighted by Gasteiger charge is 2.22. The number of pyridine rings is 1. The van der Waals surface area contributed by atoms with E-state index in [0.717, 1.165) is 22.3 Å². The zero-order valence-electron chi connectivity index (χ0n) is 18.4. The third kappa shape index (κ3) is 6.99. The van der Waals surface area contributed by atoms with Gasteiger partial charge in [0.2, 0.25) is 10.0 Å². The Bertz CT molecular complexity index is 1230. The van der Waals surface area contributed by atoms with Crippen LogP contribution in [0.1, 0.15) is 35.2 Å². The van der Waals surface area contributed by atoms with Gasteiger partial charge in [-0.1, -0.05) is 35.9 Å². The predicted octanol–water partition coefficient (Wildman–Crippen LogP) is 4.88. The largest absolute Gasteiger partial charge is 0.463 e. The first kappa shape index (κ1) is 24.6. The van der Waals surface area contributed by atoms with Crippen molar-refractivity contribution in [2.24, 2.45) is 0 Å². The van der Waals surface area contributed by atoms with Crippen molar-refractivity contribution < 1.29 is 17.9 Å². The number of hydrogen-bond acceptors (Lipinski definition) is 5. The number of halogens is 1. The summed E-state index contributed by atoms with van der Waals surface area (Å²) in [6.45, 7) is 4.03. The summed E-state index contributed by atoms with van der Waals surface area (Å²) in [4.78, 5) is 15.8. The summed E-state index contributed by atoms with van der Waals surface area (Å²) in [6, 6.07) is 14.9. The molecule has 0 spiro atoms. The molecule has 1 heterocycles. The monoisotopic (exact) mass is 484 g/mol. The van der Waals surface area contributed by atoms with Gasteiger partial charge < -0.3 is 4.74 Å². The zero-order valence-corrected chi connectivity index (χ0v) is 19.9. The molecule has 0 aliphatic carbocycles. The fraction of sp³-hybridized carbons (Fsp3) is 0.200. The number of benzene rings is 2. The number of nitrogens with zero attached hydrogens (tertiary/aromatic N) is 1. The Morgan fingerprint density at radius 3 is 2.58 bits per heavy atom. The second-order valence-electron chi connectivity index (χ2n) is 7.39. The van der Waals surface area contributed by atoms with E-state index < -0.39 is 22.0 Å². The molecule has 1 N–H and O–H groups in total. The van der Waals surface area contributed by atoms with Gasteiger partial charge in [-0.3, -0.25) is 4.98 Å². The van der Waals surface area contributed by atoms with Gasteiger partial charge in [-0.05, 0) is 78.9 Å². The lowest BCUT2D eigenvalue weighted by atomic mass is 9.96. The molecular weight excluding hydrogens is 460 g/mol. The number of ether oxygens (including phenoxy) is 1. The molecule has 1 aromatic heterocycles. The van der Waals surface area contributed by atoms with Crippen molar-refractivity contribution in [3.05, 3.63) is 100 Å². The number of aromatic nitrogens is 1. The molecule has 2 aromatic carbocycles. The summed E-state index contributed by atoms with van der Waals surface area (Å²) in [5, 5.41) is 0.463. The normalized spacial score (nSPS) is 12.6. The lowest BCUT2D eigenvalue weighted by Crippen LogP contribution is -2.30. The van der Waals surface area contributed by atoms with Crippen molar-refractivity contribution >= 4 is 33.7 Å². The number of nitrogens with one attached hydrogen (secondary N) is 1. The van der Waals surface area contributed by atoms with E-state index in [0.29, 0.717) is 18.1 Å². The summed E-state index contributed by atoms with van der Waals surface area (Å²) >= 11 is 5.90. The standard InChI is InChI=1S/C25H25ClN2O4S/c1-3-32-25(29)13-7-19-6-8-20(18(2)15-19)16-24(21-5-4-14-27-17-21)28-33(30,31)23-11-9-22(26)10-12-23/h4-15,17,24,28H,3,16H2,1-2H3/b13-7+. The SMILES string of the molecule is CCOC(=O)/C=C/c1ccc(CC(NS(=O)(=O)c2ccc(Cl)cc2)c2cccnc2)c(C)c1. The van der Waals surface area contributed by atoms with Crippen molar-refractivity contribution in [1.29, 1.82) is 0 Å². The highest BCUT2D eigenvalue weighted by Crippen LogP contribution is 2.24. The fourth-order valence-corrected chi connectivity index (χ4v) is 4.66. The average molecular weight is 485 g/mol. The third-order valence-corrected chi connectivity index (χ3v) is 6.74. The molecule has 0 bridgehead atoms. The van der Waals surface area contributed by atoms with Gasteiger partial charge in [-0.2, -0.15) is 0 Å². The maximum absolute atomic E-state index is 13.0. The molecule has 1 atom stereocenters. The highest BCUT2D eigenvalue weighted by molar-refractivity contribution is 7.89. The minimum absolute atomic E-state index is 0.136. The number of aryl methyl sites for hydroxylation is 1. The minimum Gasteiger partial charge on any atom is -0.463 e. The molecular formula is C25H25ClN2O4S. The van der Waals surface area contributed by atoms with E-state index in [1.807, 2.05) is 31.2 Å². The van der Waals surface area contributed by atoms with E-state index >= 15 is 0 Å². The summed E-state index contributed by atoms with van der Waals surface area (Å²) in [5.74, 6) is -0.396. The molecule has 0 saturated heterocycles. The number of carbonyl (C=O) groups is 1. The van der Waals surface area contributed by atoms with E-state index in [-0.39, 0.29) is 4.90 Å². The van der Waals surface area contributed by atoms with Crippen LogP contribution in [0.15, 0.2) is 78.0 Å². The van der Waals surface area contributed by atoms with Crippen LogP contribution < -0.4 is 4.72 Å². The van der Waals surface area contributed by atoms with E-state index in [2.05, 4.69) is 9.71 Å². The molecule has 6 nitrogen and oxygen atoms in total. The predicted molar refractivity (Wildman–Crippen MR) is 129 cm³/mol. The van der Waals surface area contributed by atoms with E-state index in [9.17, 15) is 13.2 Å². The molecule has 0 aliphatic rings. The summed E-state index contributed by atoms with van der Waals surface area (Å²) in [5.41, 5.74) is 3.54. The second kappa shape index (κ2) is 11.2. The number of rotatable bonds is 9. The molecule has 8 heteroatoms. The van der Waals surface area contributed by atoms with Crippen LogP contribution in [0, 0.1) is 6.92 Å². The molecule has 33 heavy (non-hydrogen) atoms. The molecule has 172 valence electrons. The van der Waals surface area contributed by atoms with Gasteiger partial charge >= 0.3 is 5.97 Å². The molecule has 3 rings (SSSR count). The number of carbonyl (C=O) groups excluding carboxylic acids is 1. The van der Waals surface area contributed by atoms with Crippen LogP contribution in [0.5, 0.6) is 0 Å². The van der Waals surface area contributed by atoms with E-state index in [1.165, 1.54) is 18.2 Å².